The van der Waals surface area contributed by atoms with Gasteiger partial charge in [0.05, 0.1) is 17.3 Å². The molecule has 0 radical (unpaired) electrons. The zero-order valence-corrected chi connectivity index (χ0v) is 8.26. The van der Waals surface area contributed by atoms with Crippen LogP contribution in [0.4, 0.5) is 0 Å². The maximum atomic E-state index is 5.51. The smallest absolute Gasteiger partial charge is 0.241 e. The van der Waals surface area contributed by atoms with Crippen LogP contribution in [-0.2, 0) is 0 Å². The fourth-order valence-electron chi connectivity index (χ4n) is 1.02. The minimum atomic E-state index is 0.715. The van der Waals surface area contributed by atoms with Crippen LogP contribution in [0, 0.1) is 0 Å². The number of hydrogen-bond donors (Lipinski definition) is 1. The fourth-order valence-corrected chi connectivity index (χ4v) is 1.22. The Kier molecular flexibility index (Phi) is 2.65. The first-order valence-electron chi connectivity index (χ1n) is 4.14. The highest BCUT2D eigenvalue weighted by Gasteiger charge is 2.05. The number of para-hydroxylation sites is 1. The third-order valence-corrected chi connectivity index (χ3v) is 2.04. The van der Waals surface area contributed by atoms with E-state index in [1.165, 1.54) is 0 Å². The SMILES string of the molecule is Sc1ccccc1O[n+]1ccncc1. The summed E-state index contributed by atoms with van der Waals surface area (Å²) < 4.78 is 1.57. The van der Waals surface area contributed by atoms with Gasteiger partial charge in [-0.1, -0.05) is 12.1 Å². The first-order valence-corrected chi connectivity index (χ1v) is 4.58. The van der Waals surface area contributed by atoms with Crippen LogP contribution in [0.25, 0.3) is 0 Å². The van der Waals surface area contributed by atoms with E-state index in [-0.39, 0.29) is 0 Å². The zero-order chi connectivity index (χ0) is 9.80. The monoisotopic (exact) mass is 205 g/mol. The maximum Gasteiger partial charge on any atom is 0.241 e. The lowest BCUT2D eigenvalue weighted by Gasteiger charge is -1.99. The summed E-state index contributed by atoms with van der Waals surface area (Å²) in [6.07, 6.45) is 6.75. The van der Waals surface area contributed by atoms with Crippen molar-refractivity contribution >= 4 is 12.6 Å². The number of rotatable bonds is 2. The molecule has 1 aromatic carbocycles. The third-order valence-electron chi connectivity index (χ3n) is 1.67. The van der Waals surface area contributed by atoms with E-state index in [1.54, 1.807) is 29.5 Å². The molecule has 14 heavy (non-hydrogen) atoms. The molecule has 1 aromatic heterocycles. The van der Waals surface area contributed by atoms with Gasteiger partial charge in [-0.3, -0.25) is 4.98 Å². The first kappa shape index (κ1) is 9.02. The molecule has 0 N–H and O–H groups in total. The molecule has 1 heterocycles. The summed E-state index contributed by atoms with van der Waals surface area (Å²) in [5.74, 6) is 0.715. The van der Waals surface area contributed by atoms with Gasteiger partial charge in [-0.2, -0.15) is 0 Å². The predicted octanol–water partition coefficient (Wildman–Crippen LogP) is 1.50. The average Bonchev–Trinajstić information content (AvgIpc) is 2.23. The van der Waals surface area contributed by atoms with E-state index in [2.05, 4.69) is 17.6 Å². The molecule has 4 heteroatoms. The van der Waals surface area contributed by atoms with Gasteiger partial charge in [0.1, 0.15) is 0 Å². The van der Waals surface area contributed by atoms with Crippen LogP contribution < -0.4 is 9.57 Å². The van der Waals surface area contributed by atoms with Gasteiger partial charge < -0.3 is 0 Å². The van der Waals surface area contributed by atoms with Crippen molar-refractivity contribution < 1.29 is 9.57 Å². The lowest BCUT2D eigenvalue weighted by molar-refractivity contribution is -0.876. The summed E-state index contributed by atoms with van der Waals surface area (Å²) in [4.78, 5) is 10.2. The van der Waals surface area contributed by atoms with Gasteiger partial charge in [0.25, 0.3) is 0 Å². The van der Waals surface area contributed by atoms with E-state index in [1.807, 2.05) is 24.3 Å². The number of benzene rings is 1. The molecule has 0 bridgehead atoms. The molecule has 0 saturated carbocycles. The lowest BCUT2D eigenvalue weighted by Crippen LogP contribution is -2.38. The molecule has 3 nitrogen and oxygen atoms in total. The Morgan fingerprint density at radius 3 is 2.57 bits per heavy atom. The van der Waals surface area contributed by atoms with Crippen LogP contribution in [-0.4, -0.2) is 4.98 Å². The molecule has 0 atom stereocenters. The van der Waals surface area contributed by atoms with Crippen molar-refractivity contribution in [3.05, 3.63) is 49.1 Å². The Bertz CT molecular complexity index is 419. The molecule has 0 aliphatic carbocycles. The number of aromatic nitrogens is 2. The number of hydrogen-bond acceptors (Lipinski definition) is 3. The molecule has 2 aromatic rings. The van der Waals surface area contributed by atoms with Gasteiger partial charge in [-0.15, -0.1) is 12.6 Å². The fraction of sp³-hybridized carbons (Fsp3) is 0. The maximum absolute atomic E-state index is 5.51. The standard InChI is InChI=1S/C10H8N2OS/c14-10-4-2-1-3-9(10)13-12-7-5-11-6-8-12/h1-8H/p+1. The van der Waals surface area contributed by atoms with Crippen LogP contribution in [0.1, 0.15) is 0 Å². The van der Waals surface area contributed by atoms with Crippen LogP contribution in [0.3, 0.4) is 0 Å². The van der Waals surface area contributed by atoms with Crippen molar-refractivity contribution in [1.82, 2.24) is 4.98 Å². The second-order valence-electron chi connectivity index (χ2n) is 2.66. The molecule has 0 saturated heterocycles. The molecule has 0 unspecified atom stereocenters. The molecule has 70 valence electrons. The van der Waals surface area contributed by atoms with Gasteiger partial charge in [0.2, 0.25) is 18.1 Å². The van der Waals surface area contributed by atoms with E-state index in [0.717, 1.165) is 4.90 Å². The van der Waals surface area contributed by atoms with Gasteiger partial charge in [0.15, 0.2) is 0 Å². The number of nitrogens with zero attached hydrogens (tertiary/aromatic N) is 2. The Morgan fingerprint density at radius 2 is 1.86 bits per heavy atom. The molecule has 0 fully saturated rings. The van der Waals surface area contributed by atoms with Crippen molar-refractivity contribution in [3.63, 3.8) is 0 Å². The predicted molar refractivity (Wildman–Crippen MR) is 54.2 cm³/mol. The van der Waals surface area contributed by atoms with E-state index in [9.17, 15) is 0 Å². The zero-order valence-electron chi connectivity index (χ0n) is 7.37. The Morgan fingerprint density at radius 1 is 1.14 bits per heavy atom. The highest BCUT2D eigenvalue weighted by atomic mass is 32.1. The molecular weight excluding hydrogens is 196 g/mol. The summed E-state index contributed by atoms with van der Waals surface area (Å²) in [6, 6.07) is 7.54. The molecular formula is C10H9N2OS+. The summed E-state index contributed by atoms with van der Waals surface area (Å²) >= 11 is 4.27. The second kappa shape index (κ2) is 4.11. The van der Waals surface area contributed by atoms with Gasteiger partial charge in [0, 0.05) is 4.73 Å². The van der Waals surface area contributed by atoms with Crippen LogP contribution in [0.5, 0.6) is 5.75 Å². The van der Waals surface area contributed by atoms with Crippen molar-refractivity contribution in [3.8, 4) is 5.75 Å². The van der Waals surface area contributed by atoms with Crippen LogP contribution in [0.15, 0.2) is 53.9 Å². The van der Waals surface area contributed by atoms with Crippen molar-refractivity contribution in [2.45, 2.75) is 4.90 Å². The highest BCUT2D eigenvalue weighted by Crippen LogP contribution is 2.19. The minimum Gasteiger partial charge on any atom is -0.252 e. The van der Waals surface area contributed by atoms with Gasteiger partial charge in [-0.05, 0) is 12.1 Å². The normalized spacial score (nSPS) is 9.79. The first-order chi connectivity index (χ1) is 6.86. The summed E-state index contributed by atoms with van der Waals surface area (Å²) in [5, 5.41) is 0. The molecule has 0 aliphatic heterocycles. The average molecular weight is 205 g/mol. The Labute approximate surface area is 87.4 Å². The number of thiol groups is 1. The molecule has 0 spiro atoms. The second-order valence-corrected chi connectivity index (χ2v) is 3.15. The van der Waals surface area contributed by atoms with Gasteiger partial charge in [-0.25, -0.2) is 4.84 Å². The van der Waals surface area contributed by atoms with E-state index in [4.69, 9.17) is 4.84 Å². The van der Waals surface area contributed by atoms with Crippen molar-refractivity contribution in [2.24, 2.45) is 0 Å². The topological polar surface area (TPSA) is 26.0 Å². The third kappa shape index (κ3) is 2.03. The summed E-state index contributed by atoms with van der Waals surface area (Å²) in [5.41, 5.74) is 0. The van der Waals surface area contributed by atoms with Gasteiger partial charge >= 0.3 is 0 Å². The Balaban J connectivity index is 2.24. The van der Waals surface area contributed by atoms with E-state index >= 15 is 0 Å². The largest absolute Gasteiger partial charge is 0.252 e. The lowest BCUT2D eigenvalue weighted by atomic mass is 10.3. The van der Waals surface area contributed by atoms with E-state index in [0.29, 0.717) is 5.75 Å². The van der Waals surface area contributed by atoms with Crippen LogP contribution >= 0.6 is 12.6 Å². The molecule has 2 rings (SSSR count). The molecule has 0 aliphatic rings. The molecule has 0 amide bonds. The van der Waals surface area contributed by atoms with Crippen LogP contribution in [0.2, 0.25) is 0 Å². The van der Waals surface area contributed by atoms with Crippen molar-refractivity contribution in [2.75, 3.05) is 0 Å². The summed E-state index contributed by atoms with van der Waals surface area (Å²) in [6.45, 7) is 0. The minimum absolute atomic E-state index is 0.715. The van der Waals surface area contributed by atoms with Crippen molar-refractivity contribution in [1.29, 1.82) is 0 Å². The summed E-state index contributed by atoms with van der Waals surface area (Å²) in [7, 11) is 0. The van der Waals surface area contributed by atoms with E-state index < -0.39 is 0 Å². The Hall–Kier alpha value is -1.55. The highest BCUT2D eigenvalue weighted by molar-refractivity contribution is 7.80. The quantitative estimate of drug-likeness (QED) is 0.594.